The topological polar surface area (TPSA) is 61.0 Å². The van der Waals surface area contributed by atoms with Gasteiger partial charge in [0, 0.05) is 6.20 Å². The summed E-state index contributed by atoms with van der Waals surface area (Å²) in [6, 6.07) is 5.33. The molecule has 2 rings (SSSR count). The highest BCUT2D eigenvalue weighted by Gasteiger charge is 2.04. The van der Waals surface area contributed by atoms with E-state index in [1.54, 1.807) is 30.6 Å². The van der Waals surface area contributed by atoms with E-state index in [1.807, 2.05) is 0 Å². The van der Waals surface area contributed by atoms with Gasteiger partial charge in [-0.3, -0.25) is 4.98 Å². The van der Waals surface area contributed by atoms with Crippen molar-refractivity contribution in [3.63, 3.8) is 0 Å². The molecule has 0 spiro atoms. The number of aromatic nitrogens is 2. The van der Waals surface area contributed by atoms with Gasteiger partial charge in [-0.15, -0.1) is 0 Å². The zero-order valence-electron chi connectivity index (χ0n) is 7.72. The standard InChI is InChI=1S/C10H8BrN3O/c11-9-4-7(12)5-14-10(9)15-8-2-1-3-13-6-8/h1-6H,12H2. The fourth-order valence-electron chi connectivity index (χ4n) is 1.03. The Morgan fingerprint density at radius 3 is 2.87 bits per heavy atom. The van der Waals surface area contributed by atoms with Crippen molar-refractivity contribution in [1.29, 1.82) is 0 Å². The second-order valence-electron chi connectivity index (χ2n) is 2.85. The Hall–Kier alpha value is -1.62. The first-order valence-corrected chi connectivity index (χ1v) is 5.04. The summed E-state index contributed by atoms with van der Waals surface area (Å²) in [5, 5.41) is 0. The predicted octanol–water partition coefficient (Wildman–Crippen LogP) is 2.61. The smallest absolute Gasteiger partial charge is 0.233 e. The summed E-state index contributed by atoms with van der Waals surface area (Å²) in [6.07, 6.45) is 4.83. The summed E-state index contributed by atoms with van der Waals surface area (Å²) >= 11 is 3.32. The van der Waals surface area contributed by atoms with E-state index in [0.29, 0.717) is 21.8 Å². The molecule has 5 heteroatoms. The van der Waals surface area contributed by atoms with E-state index in [1.165, 1.54) is 6.20 Å². The number of halogens is 1. The minimum Gasteiger partial charge on any atom is -0.436 e. The normalized spacial score (nSPS) is 9.93. The summed E-state index contributed by atoms with van der Waals surface area (Å²) < 4.78 is 6.20. The molecule has 0 saturated carbocycles. The molecule has 0 aromatic carbocycles. The maximum atomic E-state index is 5.56. The summed E-state index contributed by atoms with van der Waals surface area (Å²) in [7, 11) is 0. The van der Waals surface area contributed by atoms with Crippen LogP contribution in [-0.4, -0.2) is 9.97 Å². The fourth-order valence-corrected chi connectivity index (χ4v) is 1.48. The summed E-state index contributed by atoms with van der Waals surface area (Å²) in [5.41, 5.74) is 6.14. The third-order valence-corrected chi connectivity index (χ3v) is 2.25. The van der Waals surface area contributed by atoms with Gasteiger partial charge in [0.25, 0.3) is 0 Å². The van der Waals surface area contributed by atoms with Crippen LogP contribution in [0.2, 0.25) is 0 Å². The molecule has 0 amide bonds. The molecule has 2 aromatic rings. The van der Waals surface area contributed by atoms with Crippen LogP contribution in [0.15, 0.2) is 41.3 Å². The van der Waals surface area contributed by atoms with Crippen LogP contribution in [-0.2, 0) is 0 Å². The molecule has 0 saturated heterocycles. The van der Waals surface area contributed by atoms with Crippen LogP contribution >= 0.6 is 15.9 Å². The second-order valence-corrected chi connectivity index (χ2v) is 3.70. The largest absolute Gasteiger partial charge is 0.436 e. The highest BCUT2D eigenvalue weighted by molar-refractivity contribution is 9.10. The third kappa shape index (κ3) is 2.44. The van der Waals surface area contributed by atoms with Gasteiger partial charge in [-0.05, 0) is 34.1 Å². The van der Waals surface area contributed by atoms with Crippen LogP contribution in [0.4, 0.5) is 5.69 Å². The average molecular weight is 266 g/mol. The number of pyridine rings is 2. The Labute approximate surface area is 95.2 Å². The molecular formula is C10H8BrN3O. The highest BCUT2D eigenvalue weighted by atomic mass is 79.9. The molecule has 0 unspecified atom stereocenters. The molecule has 15 heavy (non-hydrogen) atoms. The maximum Gasteiger partial charge on any atom is 0.233 e. The van der Waals surface area contributed by atoms with Crippen molar-refractivity contribution in [2.45, 2.75) is 0 Å². The fraction of sp³-hybridized carbons (Fsp3) is 0. The average Bonchev–Trinajstić information content (AvgIpc) is 2.24. The zero-order chi connectivity index (χ0) is 10.7. The number of ether oxygens (including phenoxy) is 1. The predicted molar refractivity (Wildman–Crippen MR) is 60.7 cm³/mol. The molecular weight excluding hydrogens is 258 g/mol. The lowest BCUT2D eigenvalue weighted by molar-refractivity contribution is 0.458. The summed E-state index contributed by atoms with van der Waals surface area (Å²) in [5.74, 6) is 1.10. The van der Waals surface area contributed by atoms with Gasteiger partial charge in [-0.1, -0.05) is 0 Å². The molecule has 2 N–H and O–H groups in total. The van der Waals surface area contributed by atoms with Gasteiger partial charge in [0.2, 0.25) is 5.88 Å². The number of hydrogen-bond acceptors (Lipinski definition) is 4. The van der Waals surface area contributed by atoms with Crippen LogP contribution in [0.5, 0.6) is 11.6 Å². The van der Waals surface area contributed by atoms with E-state index in [9.17, 15) is 0 Å². The number of nitrogen functional groups attached to an aromatic ring is 1. The van der Waals surface area contributed by atoms with Crippen LogP contribution in [0.1, 0.15) is 0 Å². The Balaban J connectivity index is 2.25. The van der Waals surface area contributed by atoms with Crippen molar-refractivity contribution < 1.29 is 4.74 Å². The first-order valence-electron chi connectivity index (χ1n) is 4.24. The molecule has 4 nitrogen and oxygen atoms in total. The Bertz CT molecular complexity index is 461. The summed E-state index contributed by atoms with van der Waals surface area (Å²) in [4.78, 5) is 7.99. The molecule has 0 fully saturated rings. The molecule has 0 aliphatic heterocycles. The Morgan fingerprint density at radius 2 is 2.20 bits per heavy atom. The maximum absolute atomic E-state index is 5.56. The number of nitrogens with two attached hydrogens (primary N) is 1. The van der Waals surface area contributed by atoms with Crippen LogP contribution in [0.25, 0.3) is 0 Å². The molecule has 0 aliphatic carbocycles. The minimum atomic E-state index is 0.470. The van der Waals surface area contributed by atoms with Crippen molar-refractivity contribution >= 4 is 21.6 Å². The quantitative estimate of drug-likeness (QED) is 0.907. The van der Waals surface area contributed by atoms with Crippen molar-refractivity contribution in [3.8, 4) is 11.6 Å². The van der Waals surface area contributed by atoms with Crippen molar-refractivity contribution in [3.05, 3.63) is 41.3 Å². The SMILES string of the molecule is Nc1cnc(Oc2cccnc2)c(Br)c1. The van der Waals surface area contributed by atoms with Gasteiger partial charge in [-0.25, -0.2) is 4.98 Å². The highest BCUT2D eigenvalue weighted by Crippen LogP contribution is 2.27. The number of hydrogen-bond donors (Lipinski definition) is 1. The van der Waals surface area contributed by atoms with E-state index in [2.05, 4.69) is 25.9 Å². The van der Waals surface area contributed by atoms with E-state index in [4.69, 9.17) is 10.5 Å². The minimum absolute atomic E-state index is 0.470. The number of anilines is 1. The second kappa shape index (κ2) is 4.27. The summed E-state index contributed by atoms with van der Waals surface area (Å²) in [6.45, 7) is 0. The molecule has 0 radical (unpaired) electrons. The van der Waals surface area contributed by atoms with E-state index in [-0.39, 0.29) is 0 Å². The van der Waals surface area contributed by atoms with Crippen LogP contribution < -0.4 is 10.5 Å². The van der Waals surface area contributed by atoms with Gasteiger partial charge in [0.1, 0.15) is 5.75 Å². The van der Waals surface area contributed by atoms with Gasteiger partial charge >= 0.3 is 0 Å². The first kappa shape index (κ1) is 9.92. The lowest BCUT2D eigenvalue weighted by atomic mass is 10.4. The molecule has 0 aliphatic rings. The van der Waals surface area contributed by atoms with E-state index in [0.717, 1.165) is 0 Å². The molecule has 76 valence electrons. The molecule has 2 heterocycles. The monoisotopic (exact) mass is 265 g/mol. The van der Waals surface area contributed by atoms with E-state index < -0.39 is 0 Å². The molecule has 0 atom stereocenters. The third-order valence-electron chi connectivity index (χ3n) is 1.68. The van der Waals surface area contributed by atoms with Gasteiger partial charge < -0.3 is 10.5 Å². The van der Waals surface area contributed by atoms with Crippen molar-refractivity contribution in [2.75, 3.05) is 5.73 Å². The Kier molecular flexibility index (Phi) is 2.82. The van der Waals surface area contributed by atoms with Gasteiger partial charge in [-0.2, -0.15) is 0 Å². The number of rotatable bonds is 2. The van der Waals surface area contributed by atoms with Crippen LogP contribution in [0.3, 0.4) is 0 Å². The zero-order valence-corrected chi connectivity index (χ0v) is 9.31. The first-order chi connectivity index (χ1) is 7.25. The van der Waals surface area contributed by atoms with Crippen molar-refractivity contribution in [2.24, 2.45) is 0 Å². The Morgan fingerprint density at radius 1 is 1.33 bits per heavy atom. The van der Waals surface area contributed by atoms with Gasteiger partial charge in [0.15, 0.2) is 0 Å². The van der Waals surface area contributed by atoms with Crippen LogP contribution in [0, 0.1) is 0 Å². The lowest BCUT2D eigenvalue weighted by Crippen LogP contribution is -1.92. The molecule has 2 aromatic heterocycles. The van der Waals surface area contributed by atoms with Crippen molar-refractivity contribution in [1.82, 2.24) is 9.97 Å². The van der Waals surface area contributed by atoms with Gasteiger partial charge in [0.05, 0.1) is 22.6 Å². The number of nitrogens with zero attached hydrogens (tertiary/aromatic N) is 2. The van der Waals surface area contributed by atoms with E-state index >= 15 is 0 Å². The lowest BCUT2D eigenvalue weighted by Gasteiger charge is -2.05. The molecule has 0 bridgehead atoms.